The molecule has 3 aliphatic rings. The van der Waals surface area contributed by atoms with Crippen LogP contribution in [-0.4, -0.2) is 78.7 Å². The summed E-state index contributed by atoms with van der Waals surface area (Å²) in [5.41, 5.74) is -0.458. The minimum atomic E-state index is -0.458. The van der Waals surface area contributed by atoms with Gasteiger partial charge in [0.05, 0.1) is 7.11 Å². The molecule has 34 heavy (non-hydrogen) atoms. The lowest BCUT2D eigenvalue weighted by atomic mass is 9.83. The van der Waals surface area contributed by atoms with Gasteiger partial charge in [0.25, 0.3) is 0 Å². The zero-order chi connectivity index (χ0) is 24.7. The normalized spacial score (nSPS) is 25.6. The molecule has 2 amide bonds. The van der Waals surface area contributed by atoms with Gasteiger partial charge in [0.15, 0.2) is 0 Å². The minimum Gasteiger partial charge on any atom is -0.469 e. The van der Waals surface area contributed by atoms with E-state index in [1.807, 2.05) is 25.7 Å². The lowest BCUT2D eigenvalue weighted by molar-refractivity contribution is -0.141. The number of ether oxygens (including phenoxy) is 2. The third-order valence-corrected chi connectivity index (χ3v) is 7.71. The van der Waals surface area contributed by atoms with Crippen LogP contribution in [-0.2, 0) is 19.1 Å². The number of methoxy groups -OCH3 is 1. The Balaban J connectivity index is 1.32. The highest BCUT2D eigenvalue weighted by molar-refractivity contribution is 5.79. The van der Waals surface area contributed by atoms with E-state index in [4.69, 9.17) is 9.47 Å². The fourth-order valence-electron chi connectivity index (χ4n) is 5.61. The van der Waals surface area contributed by atoms with E-state index in [0.717, 1.165) is 84.0 Å². The van der Waals surface area contributed by atoms with Crippen molar-refractivity contribution in [1.82, 2.24) is 15.1 Å². The van der Waals surface area contributed by atoms with Gasteiger partial charge in [0.2, 0.25) is 5.91 Å². The van der Waals surface area contributed by atoms with E-state index >= 15 is 0 Å². The van der Waals surface area contributed by atoms with Gasteiger partial charge in [-0.1, -0.05) is 0 Å². The number of nitrogens with zero attached hydrogens (tertiary/aromatic N) is 2. The molecule has 3 fully saturated rings. The van der Waals surface area contributed by atoms with Gasteiger partial charge in [-0.2, -0.15) is 0 Å². The van der Waals surface area contributed by atoms with Gasteiger partial charge in [-0.15, -0.1) is 0 Å². The SMILES string of the molecule is COC(=O)CC[C@H]1CC[C@H](NC(=O)C2CCN(C3CCN(C(=O)OC(C)(C)C)CC3)CC2)CC1. The summed E-state index contributed by atoms with van der Waals surface area (Å²) in [4.78, 5) is 40.9. The van der Waals surface area contributed by atoms with Crippen molar-refractivity contribution in [3.05, 3.63) is 0 Å². The number of hydrogen-bond acceptors (Lipinski definition) is 6. The highest BCUT2D eigenvalue weighted by Crippen LogP contribution is 2.29. The Labute approximate surface area is 205 Å². The summed E-state index contributed by atoms with van der Waals surface area (Å²) in [6.45, 7) is 9.08. The van der Waals surface area contributed by atoms with Crippen LogP contribution in [0.5, 0.6) is 0 Å². The van der Waals surface area contributed by atoms with Gasteiger partial charge >= 0.3 is 12.1 Å². The van der Waals surface area contributed by atoms with Gasteiger partial charge in [-0.3, -0.25) is 9.59 Å². The van der Waals surface area contributed by atoms with Crippen LogP contribution >= 0.6 is 0 Å². The molecule has 1 saturated carbocycles. The molecule has 0 aromatic rings. The quantitative estimate of drug-likeness (QED) is 0.584. The Hall–Kier alpha value is -1.83. The second-order valence-corrected chi connectivity index (χ2v) is 11.3. The van der Waals surface area contributed by atoms with E-state index in [2.05, 4.69) is 10.2 Å². The highest BCUT2D eigenvalue weighted by Gasteiger charge is 2.33. The van der Waals surface area contributed by atoms with Crippen LogP contribution in [0.2, 0.25) is 0 Å². The van der Waals surface area contributed by atoms with Gasteiger partial charge in [-0.25, -0.2) is 4.79 Å². The number of hydrogen-bond donors (Lipinski definition) is 1. The molecule has 0 radical (unpaired) electrons. The lowest BCUT2D eigenvalue weighted by Gasteiger charge is -2.41. The van der Waals surface area contributed by atoms with Crippen molar-refractivity contribution in [2.75, 3.05) is 33.3 Å². The minimum absolute atomic E-state index is 0.107. The maximum atomic E-state index is 12.9. The molecular formula is C26H45N3O5. The van der Waals surface area contributed by atoms with Crippen LogP contribution in [0.15, 0.2) is 0 Å². The third kappa shape index (κ3) is 8.14. The first-order chi connectivity index (χ1) is 16.1. The summed E-state index contributed by atoms with van der Waals surface area (Å²) in [6, 6.07) is 0.764. The Kier molecular flexibility index (Phi) is 9.63. The van der Waals surface area contributed by atoms with E-state index < -0.39 is 5.60 Å². The Morgan fingerprint density at radius 2 is 1.50 bits per heavy atom. The molecule has 8 heteroatoms. The standard InChI is InChI=1S/C26H45N3O5/c1-26(2,3)34-25(32)29-17-13-22(14-18-29)28-15-11-20(12-16-28)24(31)27-21-8-5-19(6-9-21)7-10-23(30)33-4/h19-22H,5-18H2,1-4H3,(H,27,31)/t19-,21-. The molecule has 194 valence electrons. The topological polar surface area (TPSA) is 88.2 Å². The number of carbonyl (C=O) groups is 3. The van der Waals surface area contributed by atoms with Crippen LogP contribution in [0.1, 0.15) is 85.0 Å². The average molecular weight is 480 g/mol. The molecule has 2 heterocycles. The van der Waals surface area contributed by atoms with Crippen molar-refractivity contribution in [1.29, 1.82) is 0 Å². The highest BCUT2D eigenvalue weighted by atomic mass is 16.6. The molecule has 0 spiro atoms. The first kappa shape index (κ1) is 26.8. The number of amides is 2. The molecule has 0 unspecified atom stereocenters. The van der Waals surface area contributed by atoms with Crippen molar-refractivity contribution in [2.45, 2.75) is 103 Å². The third-order valence-electron chi connectivity index (χ3n) is 7.71. The van der Waals surface area contributed by atoms with Crippen LogP contribution in [0.4, 0.5) is 4.79 Å². The van der Waals surface area contributed by atoms with E-state index in [1.165, 1.54) is 7.11 Å². The monoisotopic (exact) mass is 479 g/mol. The molecular weight excluding hydrogens is 434 g/mol. The molecule has 0 aromatic heterocycles. The van der Waals surface area contributed by atoms with Crippen molar-refractivity contribution in [2.24, 2.45) is 11.8 Å². The van der Waals surface area contributed by atoms with E-state index in [1.54, 1.807) is 0 Å². The van der Waals surface area contributed by atoms with Crippen LogP contribution in [0.25, 0.3) is 0 Å². The van der Waals surface area contributed by atoms with E-state index in [-0.39, 0.29) is 29.9 Å². The maximum absolute atomic E-state index is 12.9. The van der Waals surface area contributed by atoms with E-state index in [9.17, 15) is 14.4 Å². The van der Waals surface area contributed by atoms with Crippen LogP contribution < -0.4 is 5.32 Å². The Morgan fingerprint density at radius 1 is 0.882 bits per heavy atom. The number of rotatable bonds is 6. The number of piperidine rings is 2. The molecule has 1 aliphatic carbocycles. The van der Waals surface area contributed by atoms with Gasteiger partial charge < -0.3 is 24.6 Å². The average Bonchev–Trinajstić information content (AvgIpc) is 2.82. The predicted octanol–water partition coefficient (Wildman–Crippen LogP) is 3.73. The van der Waals surface area contributed by atoms with E-state index in [0.29, 0.717) is 18.4 Å². The second-order valence-electron chi connectivity index (χ2n) is 11.3. The zero-order valence-electron chi connectivity index (χ0n) is 21.6. The van der Waals surface area contributed by atoms with Gasteiger partial charge in [-0.05, 0) is 97.6 Å². The Bertz CT molecular complexity index is 683. The first-order valence-electron chi connectivity index (χ1n) is 13.2. The molecule has 0 aromatic carbocycles. The Morgan fingerprint density at radius 3 is 2.06 bits per heavy atom. The number of likely N-dealkylation sites (tertiary alicyclic amines) is 2. The second kappa shape index (κ2) is 12.2. The summed E-state index contributed by atoms with van der Waals surface area (Å²) in [5.74, 6) is 0.764. The predicted molar refractivity (Wildman–Crippen MR) is 130 cm³/mol. The van der Waals surface area contributed by atoms with Crippen molar-refractivity contribution < 1.29 is 23.9 Å². The number of nitrogens with one attached hydrogen (secondary N) is 1. The van der Waals surface area contributed by atoms with Crippen LogP contribution in [0, 0.1) is 11.8 Å². The molecule has 0 bridgehead atoms. The van der Waals surface area contributed by atoms with Crippen molar-refractivity contribution >= 4 is 18.0 Å². The molecule has 3 rings (SSSR count). The molecule has 0 atom stereocenters. The van der Waals surface area contributed by atoms with Gasteiger partial charge in [0.1, 0.15) is 5.60 Å². The fourth-order valence-corrected chi connectivity index (χ4v) is 5.61. The zero-order valence-corrected chi connectivity index (χ0v) is 21.6. The van der Waals surface area contributed by atoms with Crippen molar-refractivity contribution in [3.63, 3.8) is 0 Å². The first-order valence-corrected chi connectivity index (χ1v) is 13.2. The number of esters is 1. The maximum Gasteiger partial charge on any atom is 0.410 e. The summed E-state index contributed by atoms with van der Waals surface area (Å²) in [5, 5.41) is 3.31. The lowest BCUT2D eigenvalue weighted by Crippen LogP contribution is -2.51. The molecule has 2 saturated heterocycles. The summed E-state index contributed by atoms with van der Waals surface area (Å²) in [6.07, 6.45) is 9.09. The summed E-state index contributed by atoms with van der Waals surface area (Å²) >= 11 is 0. The summed E-state index contributed by atoms with van der Waals surface area (Å²) < 4.78 is 10.2. The van der Waals surface area contributed by atoms with Crippen LogP contribution in [0.3, 0.4) is 0 Å². The smallest absolute Gasteiger partial charge is 0.410 e. The largest absolute Gasteiger partial charge is 0.469 e. The van der Waals surface area contributed by atoms with Gasteiger partial charge in [0, 0.05) is 37.5 Å². The van der Waals surface area contributed by atoms with Crippen molar-refractivity contribution in [3.8, 4) is 0 Å². The fraction of sp³-hybridized carbons (Fsp3) is 0.885. The summed E-state index contributed by atoms with van der Waals surface area (Å²) in [7, 11) is 1.44. The molecule has 1 N–H and O–H groups in total. The molecule has 8 nitrogen and oxygen atoms in total. The molecule has 2 aliphatic heterocycles. The number of carbonyl (C=O) groups excluding carboxylic acids is 3.